The summed E-state index contributed by atoms with van der Waals surface area (Å²) in [7, 11) is 1.67. The highest BCUT2D eigenvalue weighted by Crippen LogP contribution is 2.27. The summed E-state index contributed by atoms with van der Waals surface area (Å²) in [5.74, 6) is 0.847. The van der Waals surface area contributed by atoms with Crippen molar-refractivity contribution in [3.05, 3.63) is 42.0 Å². The summed E-state index contributed by atoms with van der Waals surface area (Å²) in [6, 6.07) is 12.0. The molecule has 1 heterocycles. The molecule has 0 radical (unpaired) electrons. The largest absolute Gasteiger partial charge is 0.497 e. The number of piperazine rings is 1. The number of rotatable bonds is 4. The first-order chi connectivity index (χ1) is 10.3. The highest BCUT2D eigenvalue weighted by atomic mass is 35.5. The molecule has 0 aromatic heterocycles. The number of nitrogens with one attached hydrogen (secondary N) is 1. The minimum Gasteiger partial charge on any atom is -0.497 e. The van der Waals surface area contributed by atoms with Crippen molar-refractivity contribution in [3.8, 4) is 5.75 Å². The molecule has 5 heteroatoms. The van der Waals surface area contributed by atoms with Crippen LogP contribution in [-0.2, 0) is 0 Å². The summed E-state index contributed by atoms with van der Waals surface area (Å²) in [6.45, 7) is 3.31. The minimum atomic E-state index is -0.346. The Bertz CT molecular complexity index is 617. The lowest BCUT2D eigenvalue weighted by Crippen LogP contribution is -2.45. The van der Waals surface area contributed by atoms with Crippen LogP contribution in [0.15, 0.2) is 36.4 Å². The van der Waals surface area contributed by atoms with Crippen LogP contribution in [0, 0.1) is 0 Å². The molecule has 1 fully saturated rings. The Labute approximate surface area is 136 Å². The molecule has 1 atom stereocenters. The van der Waals surface area contributed by atoms with E-state index >= 15 is 0 Å². The first-order valence-electron chi connectivity index (χ1n) is 7.40. The summed E-state index contributed by atoms with van der Waals surface area (Å²) >= 11 is 0. The first-order valence-corrected chi connectivity index (χ1v) is 7.40. The van der Waals surface area contributed by atoms with Gasteiger partial charge in [-0.3, -0.25) is 4.90 Å². The van der Waals surface area contributed by atoms with Gasteiger partial charge in [0.25, 0.3) is 0 Å². The van der Waals surface area contributed by atoms with E-state index < -0.39 is 0 Å². The molecule has 3 nitrogen and oxygen atoms in total. The van der Waals surface area contributed by atoms with Crippen molar-refractivity contribution in [1.29, 1.82) is 0 Å². The van der Waals surface area contributed by atoms with E-state index in [0.717, 1.165) is 48.3 Å². The number of benzene rings is 2. The Balaban J connectivity index is 0.00000176. The molecule has 0 saturated carbocycles. The molecule has 0 unspecified atom stereocenters. The summed E-state index contributed by atoms with van der Waals surface area (Å²) < 4.78 is 18.8. The number of hydrogen-bond donors (Lipinski definition) is 1. The zero-order valence-corrected chi connectivity index (χ0v) is 13.5. The molecule has 0 spiro atoms. The lowest BCUT2D eigenvalue weighted by molar-refractivity contribution is 0.147. The molecular weight excluding hydrogens is 303 g/mol. The van der Waals surface area contributed by atoms with Crippen LogP contribution < -0.4 is 10.1 Å². The normalized spacial score (nSPS) is 17.0. The summed E-state index contributed by atoms with van der Waals surface area (Å²) in [6.07, 6.45) is 0. The van der Waals surface area contributed by atoms with E-state index in [-0.39, 0.29) is 25.1 Å². The van der Waals surface area contributed by atoms with Crippen LogP contribution in [-0.4, -0.2) is 44.9 Å². The fourth-order valence-corrected chi connectivity index (χ4v) is 2.97. The molecule has 3 rings (SSSR count). The number of hydrogen-bond acceptors (Lipinski definition) is 3. The summed E-state index contributed by atoms with van der Waals surface area (Å²) in [5.41, 5.74) is 1.05. The van der Waals surface area contributed by atoms with Gasteiger partial charge in [-0.25, -0.2) is 4.39 Å². The van der Waals surface area contributed by atoms with Gasteiger partial charge in [0.2, 0.25) is 0 Å². The van der Waals surface area contributed by atoms with Gasteiger partial charge in [0.05, 0.1) is 13.2 Å². The third-order valence-electron chi connectivity index (χ3n) is 4.19. The molecular formula is C17H22ClFN2O. The van der Waals surface area contributed by atoms with Gasteiger partial charge in [0.15, 0.2) is 0 Å². The number of halogens is 2. The second kappa shape index (κ2) is 7.77. The molecule has 0 bridgehead atoms. The van der Waals surface area contributed by atoms with Crippen molar-refractivity contribution in [3.63, 3.8) is 0 Å². The van der Waals surface area contributed by atoms with E-state index in [1.165, 1.54) is 0 Å². The second-order valence-corrected chi connectivity index (χ2v) is 5.43. The number of nitrogens with zero attached hydrogens (tertiary/aromatic N) is 1. The summed E-state index contributed by atoms with van der Waals surface area (Å²) in [5, 5.41) is 5.56. The van der Waals surface area contributed by atoms with Crippen molar-refractivity contribution in [2.45, 2.75) is 6.04 Å². The standard InChI is InChI=1S/C17H21FN2O.ClH/c1-21-16-5-4-13-10-15(3-2-14(13)11-16)17(12-18)20-8-6-19-7-9-20;/h2-5,10-11,17,19H,6-9,12H2,1H3;1H/t17-;/m0./s1. The van der Waals surface area contributed by atoms with Crippen molar-refractivity contribution >= 4 is 23.2 Å². The van der Waals surface area contributed by atoms with Gasteiger partial charge in [-0.2, -0.15) is 0 Å². The average molecular weight is 325 g/mol. The van der Waals surface area contributed by atoms with E-state index in [4.69, 9.17) is 4.74 Å². The molecule has 2 aromatic carbocycles. The number of ether oxygens (including phenoxy) is 1. The lowest BCUT2D eigenvalue weighted by atomic mass is 10.0. The number of fused-ring (bicyclic) bond motifs is 1. The van der Waals surface area contributed by atoms with Crippen molar-refractivity contribution in [2.24, 2.45) is 0 Å². The molecule has 0 aliphatic carbocycles. The van der Waals surface area contributed by atoms with Crippen LogP contribution in [0.3, 0.4) is 0 Å². The third kappa shape index (κ3) is 3.51. The highest BCUT2D eigenvalue weighted by Gasteiger charge is 2.22. The maximum absolute atomic E-state index is 13.6. The molecule has 1 aliphatic heterocycles. The number of alkyl halides is 1. The van der Waals surface area contributed by atoms with E-state index in [2.05, 4.69) is 22.3 Å². The maximum atomic E-state index is 13.6. The fraction of sp³-hybridized carbons (Fsp3) is 0.412. The van der Waals surface area contributed by atoms with Crippen LogP contribution in [0.5, 0.6) is 5.75 Å². The molecule has 120 valence electrons. The van der Waals surface area contributed by atoms with Gasteiger partial charge < -0.3 is 10.1 Å². The van der Waals surface area contributed by atoms with Crippen LogP contribution >= 0.6 is 12.4 Å². The minimum absolute atomic E-state index is 0. The smallest absolute Gasteiger partial charge is 0.119 e. The molecule has 2 aromatic rings. The Morgan fingerprint density at radius 1 is 1.14 bits per heavy atom. The topological polar surface area (TPSA) is 24.5 Å². The van der Waals surface area contributed by atoms with E-state index in [9.17, 15) is 4.39 Å². The Kier molecular flexibility index (Phi) is 6.00. The molecule has 22 heavy (non-hydrogen) atoms. The van der Waals surface area contributed by atoms with Gasteiger partial charge in [-0.15, -0.1) is 12.4 Å². The monoisotopic (exact) mass is 324 g/mol. The van der Waals surface area contributed by atoms with Crippen LogP contribution in [0.4, 0.5) is 4.39 Å². The van der Waals surface area contributed by atoms with Crippen LogP contribution in [0.25, 0.3) is 10.8 Å². The van der Waals surface area contributed by atoms with Gasteiger partial charge in [-0.05, 0) is 34.5 Å². The van der Waals surface area contributed by atoms with Gasteiger partial charge >= 0.3 is 0 Å². The zero-order valence-electron chi connectivity index (χ0n) is 12.7. The molecule has 0 amide bonds. The SMILES string of the molecule is COc1ccc2cc([C@H](CF)N3CCNCC3)ccc2c1.Cl. The zero-order chi connectivity index (χ0) is 14.7. The van der Waals surface area contributed by atoms with Gasteiger partial charge in [0.1, 0.15) is 12.4 Å². The predicted molar refractivity (Wildman–Crippen MR) is 90.9 cm³/mol. The predicted octanol–water partition coefficient (Wildman–Crippen LogP) is 3.19. The van der Waals surface area contributed by atoms with E-state index in [1.54, 1.807) is 7.11 Å². The van der Waals surface area contributed by atoms with Crippen molar-refractivity contribution in [1.82, 2.24) is 10.2 Å². The average Bonchev–Trinajstić information content (AvgIpc) is 2.56. The van der Waals surface area contributed by atoms with Crippen molar-refractivity contribution in [2.75, 3.05) is 40.0 Å². The lowest BCUT2D eigenvalue weighted by Gasteiger charge is -2.33. The fourth-order valence-electron chi connectivity index (χ4n) is 2.97. The third-order valence-corrected chi connectivity index (χ3v) is 4.19. The van der Waals surface area contributed by atoms with E-state index in [1.807, 2.05) is 24.3 Å². The Hall–Kier alpha value is -1.36. The van der Waals surface area contributed by atoms with Crippen molar-refractivity contribution < 1.29 is 9.13 Å². The van der Waals surface area contributed by atoms with Gasteiger partial charge in [0, 0.05) is 26.2 Å². The summed E-state index contributed by atoms with van der Waals surface area (Å²) in [4.78, 5) is 2.22. The van der Waals surface area contributed by atoms with Crippen LogP contribution in [0.2, 0.25) is 0 Å². The molecule has 1 N–H and O–H groups in total. The van der Waals surface area contributed by atoms with Gasteiger partial charge in [-0.1, -0.05) is 18.2 Å². The molecule has 1 saturated heterocycles. The number of methoxy groups -OCH3 is 1. The quantitative estimate of drug-likeness (QED) is 0.935. The Morgan fingerprint density at radius 2 is 1.82 bits per heavy atom. The Morgan fingerprint density at radius 3 is 2.50 bits per heavy atom. The highest BCUT2D eigenvalue weighted by molar-refractivity contribution is 5.85. The van der Waals surface area contributed by atoms with E-state index in [0.29, 0.717) is 0 Å². The maximum Gasteiger partial charge on any atom is 0.119 e. The molecule has 1 aliphatic rings. The van der Waals surface area contributed by atoms with Crippen LogP contribution in [0.1, 0.15) is 11.6 Å². The second-order valence-electron chi connectivity index (χ2n) is 5.43. The first kappa shape index (κ1) is 17.0.